The number of aromatic nitrogens is 1. The topological polar surface area (TPSA) is 68.3 Å². The Morgan fingerprint density at radius 1 is 1.17 bits per heavy atom. The van der Waals surface area contributed by atoms with Gasteiger partial charge in [0.2, 0.25) is 0 Å². The molecule has 1 aromatic carbocycles. The highest BCUT2D eigenvalue weighted by molar-refractivity contribution is 7.20. The lowest BCUT2D eigenvalue weighted by Gasteiger charge is -1.99. The van der Waals surface area contributed by atoms with Gasteiger partial charge in [0, 0.05) is 0 Å². The van der Waals surface area contributed by atoms with Gasteiger partial charge in [0.1, 0.15) is 17.8 Å². The summed E-state index contributed by atoms with van der Waals surface area (Å²) in [5, 5.41) is 3.28. The SMILES string of the molecule is O=C(NCc1ccc(-c2ccoc2)o1)c1nc2ccccc2s1. The number of benzene rings is 1. The molecule has 0 saturated heterocycles. The summed E-state index contributed by atoms with van der Waals surface area (Å²) in [6.07, 6.45) is 3.20. The monoisotopic (exact) mass is 324 g/mol. The van der Waals surface area contributed by atoms with Gasteiger partial charge in [-0.3, -0.25) is 4.79 Å². The third-order valence-electron chi connectivity index (χ3n) is 3.38. The number of furan rings is 2. The van der Waals surface area contributed by atoms with E-state index in [-0.39, 0.29) is 5.91 Å². The maximum atomic E-state index is 12.2. The average Bonchev–Trinajstić information content (AvgIpc) is 3.31. The minimum absolute atomic E-state index is 0.201. The number of rotatable bonds is 4. The maximum absolute atomic E-state index is 12.2. The van der Waals surface area contributed by atoms with Gasteiger partial charge in [0.15, 0.2) is 5.01 Å². The normalized spacial score (nSPS) is 11.0. The zero-order chi connectivity index (χ0) is 15.6. The van der Waals surface area contributed by atoms with E-state index in [2.05, 4.69) is 10.3 Å². The van der Waals surface area contributed by atoms with Crippen LogP contribution in [0.4, 0.5) is 0 Å². The van der Waals surface area contributed by atoms with Crippen LogP contribution in [0.3, 0.4) is 0 Å². The van der Waals surface area contributed by atoms with Crippen molar-refractivity contribution < 1.29 is 13.6 Å². The van der Waals surface area contributed by atoms with Crippen molar-refractivity contribution in [2.45, 2.75) is 6.54 Å². The molecule has 1 N–H and O–H groups in total. The third-order valence-corrected chi connectivity index (χ3v) is 4.41. The predicted octanol–water partition coefficient (Wildman–Crippen LogP) is 4.08. The third kappa shape index (κ3) is 2.76. The molecule has 0 aliphatic rings. The van der Waals surface area contributed by atoms with E-state index < -0.39 is 0 Å². The molecule has 0 unspecified atom stereocenters. The number of para-hydroxylation sites is 1. The van der Waals surface area contributed by atoms with Crippen LogP contribution in [0.15, 0.2) is 63.8 Å². The zero-order valence-corrected chi connectivity index (χ0v) is 12.8. The minimum atomic E-state index is -0.201. The van der Waals surface area contributed by atoms with Crippen molar-refractivity contribution >= 4 is 27.5 Å². The molecule has 23 heavy (non-hydrogen) atoms. The van der Waals surface area contributed by atoms with Crippen molar-refractivity contribution in [1.82, 2.24) is 10.3 Å². The van der Waals surface area contributed by atoms with Gasteiger partial charge in [-0.1, -0.05) is 12.1 Å². The Balaban J connectivity index is 1.45. The fraction of sp³-hybridized carbons (Fsp3) is 0.0588. The van der Waals surface area contributed by atoms with E-state index in [4.69, 9.17) is 8.83 Å². The van der Waals surface area contributed by atoms with Crippen LogP contribution >= 0.6 is 11.3 Å². The Labute approximate surface area is 135 Å². The average molecular weight is 324 g/mol. The van der Waals surface area contributed by atoms with Gasteiger partial charge < -0.3 is 14.2 Å². The Kier molecular flexibility index (Phi) is 3.44. The van der Waals surface area contributed by atoms with Gasteiger partial charge in [0.05, 0.1) is 28.6 Å². The van der Waals surface area contributed by atoms with Gasteiger partial charge in [-0.25, -0.2) is 4.98 Å². The molecule has 0 bridgehead atoms. The summed E-state index contributed by atoms with van der Waals surface area (Å²) in [7, 11) is 0. The van der Waals surface area contributed by atoms with Crippen LogP contribution in [-0.4, -0.2) is 10.9 Å². The van der Waals surface area contributed by atoms with Gasteiger partial charge in [0.25, 0.3) is 5.91 Å². The fourth-order valence-electron chi connectivity index (χ4n) is 2.25. The number of thiazole rings is 1. The Morgan fingerprint density at radius 2 is 2.09 bits per heavy atom. The molecule has 4 rings (SSSR count). The Hall–Kier alpha value is -2.86. The van der Waals surface area contributed by atoms with E-state index in [1.807, 2.05) is 42.5 Å². The van der Waals surface area contributed by atoms with Crippen molar-refractivity contribution in [2.24, 2.45) is 0 Å². The first-order chi connectivity index (χ1) is 11.3. The smallest absolute Gasteiger partial charge is 0.280 e. The van der Waals surface area contributed by atoms with Gasteiger partial charge in [-0.15, -0.1) is 11.3 Å². The molecule has 0 fully saturated rings. The second-order valence-electron chi connectivity index (χ2n) is 4.95. The molecule has 0 spiro atoms. The van der Waals surface area contributed by atoms with E-state index in [1.165, 1.54) is 11.3 Å². The number of nitrogens with one attached hydrogen (secondary N) is 1. The quantitative estimate of drug-likeness (QED) is 0.614. The molecule has 0 saturated carbocycles. The number of hydrogen-bond donors (Lipinski definition) is 1. The minimum Gasteiger partial charge on any atom is -0.472 e. The van der Waals surface area contributed by atoms with Crippen molar-refractivity contribution in [1.29, 1.82) is 0 Å². The number of carbonyl (C=O) groups excluding carboxylic acids is 1. The van der Waals surface area contributed by atoms with Crippen molar-refractivity contribution in [3.8, 4) is 11.3 Å². The number of nitrogens with zero attached hydrogens (tertiary/aromatic N) is 1. The number of fused-ring (bicyclic) bond motifs is 1. The van der Waals surface area contributed by atoms with Gasteiger partial charge >= 0.3 is 0 Å². The molecule has 3 aromatic heterocycles. The Bertz CT molecular complexity index is 920. The summed E-state index contributed by atoms with van der Waals surface area (Å²) in [4.78, 5) is 16.5. The second-order valence-corrected chi connectivity index (χ2v) is 5.98. The molecule has 1 amide bonds. The second kappa shape index (κ2) is 5.73. The number of amides is 1. The lowest BCUT2D eigenvalue weighted by atomic mass is 10.3. The highest BCUT2D eigenvalue weighted by atomic mass is 32.1. The molecular formula is C17H12N2O3S. The summed E-state index contributed by atoms with van der Waals surface area (Å²) in [6, 6.07) is 13.2. The van der Waals surface area contributed by atoms with E-state index >= 15 is 0 Å². The first kappa shape index (κ1) is 13.8. The molecule has 6 heteroatoms. The lowest BCUT2D eigenvalue weighted by Crippen LogP contribution is -2.22. The van der Waals surface area contributed by atoms with E-state index in [0.29, 0.717) is 23.1 Å². The van der Waals surface area contributed by atoms with E-state index in [9.17, 15) is 4.79 Å². The highest BCUT2D eigenvalue weighted by Crippen LogP contribution is 2.23. The summed E-state index contributed by atoms with van der Waals surface area (Å²) >= 11 is 1.38. The summed E-state index contributed by atoms with van der Waals surface area (Å²) in [5.41, 5.74) is 1.71. The number of carbonyl (C=O) groups is 1. The van der Waals surface area contributed by atoms with E-state index in [1.54, 1.807) is 12.5 Å². The summed E-state index contributed by atoms with van der Waals surface area (Å²) in [6.45, 7) is 0.312. The van der Waals surface area contributed by atoms with Crippen LogP contribution in [-0.2, 0) is 6.54 Å². The van der Waals surface area contributed by atoms with Crippen LogP contribution in [0.1, 0.15) is 15.6 Å². The lowest BCUT2D eigenvalue weighted by molar-refractivity contribution is 0.0948. The predicted molar refractivity (Wildman–Crippen MR) is 87.2 cm³/mol. The molecule has 114 valence electrons. The number of hydrogen-bond acceptors (Lipinski definition) is 5. The van der Waals surface area contributed by atoms with Crippen LogP contribution in [0.25, 0.3) is 21.5 Å². The molecule has 5 nitrogen and oxygen atoms in total. The summed E-state index contributed by atoms with van der Waals surface area (Å²) in [5.74, 6) is 1.19. The molecule has 0 atom stereocenters. The molecular weight excluding hydrogens is 312 g/mol. The molecule has 0 aliphatic heterocycles. The van der Waals surface area contributed by atoms with Gasteiger partial charge in [-0.2, -0.15) is 0 Å². The van der Waals surface area contributed by atoms with Gasteiger partial charge in [-0.05, 0) is 30.3 Å². The molecule has 3 heterocycles. The molecule has 0 aliphatic carbocycles. The zero-order valence-electron chi connectivity index (χ0n) is 12.0. The van der Waals surface area contributed by atoms with E-state index in [0.717, 1.165) is 15.8 Å². The molecule has 0 radical (unpaired) electrons. The van der Waals surface area contributed by atoms with Crippen LogP contribution in [0, 0.1) is 0 Å². The fourth-order valence-corrected chi connectivity index (χ4v) is 3.13. The first-order valence-corrected chi connectivity index (χ1v) is 7.86. The molecule has 4 aromatic rings. The van der Waals surface area contributed by atoms with Crippen LogP contribution < -0.4 is 5.32 Å². The Morgan fingerprint density at radius 3 is 2.91 bits per heavy atom. The van der Waals surface area contributed by atoms with Crippen LogP contribution in [0.5, 0.6) is 0 Å². The summed E-state index contributed by atoms with van der Waals surface area (Å²) < 4.78 is 11.7. The van der Waals surface area contributed by atoms with Crippen molar-refractivity contribution in [3.05, 3.63) is 65.8 Å². The largest absolute Gasteiger partial charge is 0.472 e. The van der Waals surface area contributed by atoms with Crippen molar-refractivity contribution in [3.63, 3.8) is 0 Å². The van der Waals surface area contributed by atoms with Crippen molar-refractivity contribution in [2.75, 3.05) is 0 Å². The standard InChI is InChI=1S/C17H12N2O3S/c20-16(17-19-13-3-1-2-4-15(13)23-17)18-9-12-5-6-14(22-12)11-7-8-21-10-11/h1-8,10H,9H2,(H,18,20). The first-order valence-electron chi connectivity index (χ1n) is 7.05. The van der Waals surface area contributed by atoms with Crippen LogP contribution in [0.2, 0.25) is 0 Å². The highest BCUT2D eigenvalue weighted by Gasteiger charge is 2.13. The maximum Gasteiger partial charge on any atom is 0.280 e.